The predicted octanol–water partition coefficient (Wildman–Crippen LogP) is 5.23. The van der Waals surface area contributed by atoms with Gasteiger partial charge < -0.3 is 0 Å². The van der Waals surface area contributed by atoms with Crippen LogP contribution in [0.3, 0.4) is 0 Å². The van der Waals surface area contributed by atoms with Crippen molar-refractivity contribution in [2.75, 3.05) is 5.32 Å². The fraction of sp³-hybridized carbons (Fsp3) is 0.150. The van der Waals surface area contributed by atoms with E-state index in [2.05, 4.69) is 46.5 Å². The zero-order valence-corrected chi connectivity index (χ0v) is 16.4. The SMILES string of the molecule is CCc1ccc(-c2csc(NC(=O)c3c(C)nc4cc(Cl)ccn34)n2)cc1. The number of carbonyl (C=O) groups is 1. The fourth-order valence-electron chi connectivity index (χ4n) is 2.94. The van der Waals surface area contributed by atoms with Gasteiger partial charge in [0.1, 0.15) is 11.3 Å². The molecular weight excluding hydrogens is 380 g/mol. The molecule has 0 fully saturated rings. The average molecular weight is 397 g/mol. The molecule has 1 aromatic carbocycles. The van der Waals surface area contributed by atoms with Crippen molar-refractivity contribution in [1.29, 1.82) is 0 Å². The maximum atomic E-state index is 12.8. The number of aryl methyl sites for hydroxylation is 2. The summed E-state index contributed by atoms with van der Waals surface area (Å²) in [5, 5.41) is 5.96. The predicted molar refractivity (Wildman–Crippen MR) is 110 cm³/mol. The minimum absolute atomic E-state index is 0.246. The Morgan fingerprint density at radius 1 is 1.22 bits per heavy atom. The number of halogens is 1. The van der Waals surface area contributed by atoms with Gasteiger partial charge in [-0.25, -0.2) is 9.97 Å². The molecule has 4 aromatic rings. The Morgan fingerprint density at radius 3 is 2.74 bits per heavy atom. The molecule has 0 saturated heterocycles. The molecule has 3 aromatic heterocycles. The van der Waals surface area contributed by atoms with Crippen molar-refractivity contribution >= 4 is 39.6 Å². The maximum absolute atomic E-state index is 12.8. The van der Waals surface area contributed by atoms with Crippen LogP contribution in [-0.4, -0.2) is 20.3 Å². The Hall–Kier alpha value is -2.70. The van der Waals surface area contributed by atoms with Crippen LogP contribution in [0.25, 0.3) is 16.9 Å². The quantitative estimate of drug-likeness (QED) is 0.513. The summed E-state index contributed by atoms with van der Waals surface area (Å²) in [5.41, 5.74) is 4.92. The molecular formula is C20H17ClN4OS. The van der Waals surface area contributed by atoms with Crippen LogP contribution in [0.15, 0.2) is 48.0 Å². The molecule has 5 nitrogen and oxygen atoms in total. The number of nitrogens with one attached hydrogen (secondary N) is 1. The molecule has 0 bridgehead atoms. The summed E-state index contributed by atoms with van der Waals surface area (Å²) in [7, 11) is 0. The minimum atomic E-state index is -0.246. The van der Waals surface area contributed by atoms with Gasteiger partial charge in [0, 0.05) is 28.2 Å². The summed E-state index contributed by atoms with van der Waals surface area (Å²) in [6.07, 6.45) is 2.75. The first-order valence-electron chi connectivity index (χ1n) is 8.55. The Balaban J connectivity index is 1.59. The van der Waals surface area contributed by atoms with Crippen molar-refractivity contribution in [2.45, 2.75) is 20.3 Å². The van der Waals surface area contributed by atoms with E-state index in [1.54, 1.807) is 29.7 Å². The number of amides is 1. The number of rotatable bonds is 4. The molecule has 0 spiro atoms. The lowest BCUT2D eigenvalue weighted by atomic mass is 10.1. The number of fused-ring (bicyclic) bond motifs is 1. The van der Waals surface area contributed by atoms with Crippen molar-refractivity contribution in [3.05, 3.63) is 69.9 Å². The molecule has 0 unspecified atom stereocenters. The summed E-state index contributed by atoms with van der Waals surface area (Å²) in [5.74, 6) is -0.246. The van der Waals surface area contributed by atoms with Crippen LogP contribution in [0.5, 0.6) is 0 Å². The van der Waals surface area contributed by atoms with Gasteiger partial charge in [-0.3, -0.25) is 14.5 Å². The van der Waals surface area contributed by atoms with Crippen LogP contribution in [-0.2, 0) is 6.42 Å². The number of aromatic nitrogens is 3. The summed E-state index contributed by atoms with van der Waals surface area (Å²) in [6.45, 7) is 3.93. The lowest BCUT2D eigenvalue weighted by Crippen LogP contribution is -2.15. The summed E-state index contributed by atoms with van der Waals surface area (Å²) >= 11 is 7.41. The highest BCUT2D eigenvalue weighted by atomic mass is 35.5. The average Bonchev–Trinajstić information content (AvgIpc) is 3.24. The van der Waals surface area contributed by atoms with E-state index < -0.39 is 0 Å². The van der Waals surface area contributed by atoms with E-state index in [0.29, 0.717) is 27.2 Å². The number of carbonyl (C=O) groups excluding carboxylic acids is 1. The van der Waals surface area contributed by atoms with E-state index in [-0.39, 0.29) is 5.91 Å². The highest BCUT2D eigenvalue weighted by Gasteiger charge is 2.18. The first-order valence-corrected chi connectivity index (χ1v) is 9.81. The molecule has 27 heavy (non-hydrogen) atoms. The normalized spacial score (nSPS) is 11.1. The standard InChI is InChI=1S/C20H17ClN4OS/c1-3-13-4-6-14(7-5-13)16-11-27-20(23-16)24-19(26)18-12(2)22-17-10-15(21)8-9-25(17)18/h4-11H,3H2,1-2H3,(H,23,24,26). The second-order valence-corrected chi connectivity index (χ2v) is 7.46. The molecule has 0 saturated carbocycles. The van der Waals surface area contributed by atoms with Crippen LogP contribution in [0.1, 0.15) is 28.7 Å². The number of hydrogen-bond donors (Lipinski definition) is 1. The molecule has 1 amide bonds. The van der Waals surface area contributed by atoms with Crippen LogP contribution >= 0.6 is 22.9 Å². The van der Waals surface area contributed by atoms with Crippen LogP contribution < -0.4 is 5.32 Å². The monoisotopic (exact) mass is 396 g/mol. The van der Waals surface area contributed by atoms with E-state index in [4.69, 9.17) is 11.6 Å². The number of imidazole rings is 1. The Bertz CT molecular complexity index is 1130. The number of pyridine rings is 1. The molecule has 0 radical (unpaired) electrons. The summed E-state index contributed by atoms with van der Waals surface area (Å²) in [4.78, 5) is 21.7. The van der Waals surface area contributed by atoms with Crippen molar-refractivity contribution in [3.8, 4) is 11.3 Å². The van der Waals surface area contributed by atoms with Gasteiger partial charge in [0.05, 0.1) is 11.4 Å². The number of thiazole rings is 1. The van der Waals surface area contributed by atoms with Crippen molar-refractivity contribution in [2.24, 2.45) is 0 Å². The van der Waals surface area contributed by atoms with Gasteiger partial charge in [0.25, 0.3) is 5.91 Å². The highest BCUT2D eigenvalue weighted by Crippen LogP contribution is 2.26. The van der Waals surface area contributed by atoms with Crippen molar-refractivity contribution < 1.29 is 4.79 Å². The Morgan fingerprint density at radius 2 is 2.00 bits per heavy atom. The van der Waals surface area contributed by atoms with Gasteiger partial charge in [0.15, 0.2) is 5.13 Å². The molecule has 1 N–H and O–H groups in total. The number of hydrogen-bond acceptors (Lipinski definition) is 4. The van der Waals surface area contributed by atoms with Gasteiger partial charge in [-0.2, -0.15) is 0 Å². The van der Waals surface area contributed by atoms with E-state index in [1.165, 1.54) is 16.9 Å². The van der Waals surface area contributed by atoms with Crippen LogP contribution in [0.4, 0.5) is 5.13 Å². The second kappa shape index (κ2) is 7.13. The third kappa shape index (κ3) is 3.46. The third-order valence-electron chi connectivity index (χ3n) is 4.36. The van der Waals surface area contributed by atoms with Crippen molar-refractivity contribution in [3.63, 3.8) is 0 Å². The van der Waals surface area contributed by atoms with Gasteiger partial charge in [-0.1, -0.05) is 42.8 Å². The Kier molecular flexibility index (Phi) is 4.68. The van der Waals surface area contributed by atoms with E-state index >= 15 is 0 Å². The number of benzene rings is 1. The maximum Gasteiger partial charge on any atom is 0.276 e. The van der Waals surface area contributed by atoms with Crippen molar-refractivity contribution in [1.82, 2.24) is 14.4 Å². The Labute approximate surface area is 165 Å². The third-order valence-corrected chi connectivity index (χ3v) is 5.35. The smallest absolute Gasteiger partial charge is 0.276 e. The van der Waals surface area contributed by atoms with Gasteiger partial charge >= 0.3 is 0 Å². The molecule has 0 atom stereocenters. The topological polar surface area (TPSA) is 59.3 Å². The first kappa shape index (κ1) is 17.7. The molecule has 0 aliphatic rings. The largest absolute Gasteiger partial charge is 0.296 e. The minimum Gasteiger partial charge on any atom is -0.296 e. The fourth-order valence-corrected chi connectivity index (χ4v) is 3.81. The molecule has 0 aliphatic carbocycles. The second-order valence-electron chi connectivity index (χ2n) is 6.16. The zero-order chi connectivity index (χ0) is 19.0. The zero-order valence-electron chi connectivity index (χ0n) is 14.9. The number of nitrogens with zero attached hydrogens (tertiary/aromatic N) is 3. The molecule has 4 rings (SSSR count). The lowest BCUT2D eigenvalue weighted by molar-refractivity contribution is 0.102. The van der Waals surface area contributed by atoms with Gasteiger partial charge in [-0.05, 0) is 25.0 Å². The van der Waals surface area contributed by atoms with Gasteiger partial charge in [-0.15, -0.1) is 11.3 Å². The van der Waals surface area contributed by atoms with E-state index in [1.807, 2.05) is 5.38 Å². The van der Waals surface area contributed by atoms with E-state index in [9.17, 15) is 4.79 Å². The van der Waals surface area contributed by atoms with Crippen LogP contribution in [0, 0.1) is 6.92 Å². The molecule has 3 heterocycles. The number of anilines is 1. The van der Waals surface area contributed by atoms with Gasteiger partial charge in [0.2, 0.25) is 0 Å². The summed E-state index contributed by atoms with van der Waals surface area (Å²) < 4.78 is 1.73. The molecule has 136 valence electrons. The van der Waals surface area contributed by atoms with Crippen LogP contribution in [0.2, 0.25) is 5.02 Å². The lowest BCUT2D eigenvalue weighted by Gasteiger charge is -2.03. The molecule has 0 aliphatic heterocycles. The summed E-state index contributed by atoms with van der Waals surface area (Å²) in [6, 6.07) is 11.8. The van der Waals surface area contributed by atoms with E-state index in [0.717, 1.165) is 17.7 Å². The first-order chi connectivity index (χ1) is 13.0. The molecule has 7 heteroatoms. The highest BCUT2D eigenvalue weighted by molar-refractivity contribution is 7.14.